The van der Waals surface area contributed by atoms with Crippen molar-refractivity contribution in [3.63, 3.8) is 0 Å². The highest BCUT2D eigenvalue weighted by Gasteiger charge is 2.08. The molecule has 0 aliphatic rings. The maximum atomic E-state index is 5.35. The summed E-state index contributed by atoms with van der Waals surface area (Å²) in [6.07, 6.45) is 0. The fourth-order valence-electron chi connectivity index (χ4n) is 1.30. The van der Waals surface area contributed by atoms with Gasteiger partial charge in [-0.3, -0.25) is 0 Å². The van der Waals surface area contributed by atoms with Gasteiger partial charge in [-0.1, -0.05) is 5.10 Å². The molecule has 0 amide bonds. The van der Waals surface area contributed by atoms with Crippen LogP contribution in [-0.4, -0.2) is 40.5 Å². The van der Waals surface area contributed by atoms with Gasteiger partial charge < -0.3 is 15.2 Å². The highest BCUT2D eigenvalue weighted by atomic mass is 16.5. The summed E-state index contributed by atoms with van der Waals surface area (Å²) in [6, 6.07) is 7.64. The van der Waals surface area contributed by atoms with Gasteiger partial charge >= 0.3 is 6.01 Å². The summed E-state index contributed by atoms with van der Waals surface area (Å²) in [4.78, 5) is 0. The lowest BCUT2D eigenvalue weighted by molar-refractivity contribution is 0.294. The number of benzene rings is 1. The van der Waals surface area contributed by atoms with E-state index in [0.717, 1.165) is 11.4 Å². The van der Waals surface area contributed by atoms with E-state index in [1.807, 2.05) is 24.3 Å². The number of aromatic nitrogens is 4. The molecule has 7 nitrogen and oxygen atoms in total. The Morgan fingerprint density at radius 2 is 2.06 bits per heavy atom. The molecule has 90 valence electrons. The fourth-order valence-corrected chi connectivity index (χ4v) is 1.30. The Morgan fingerprint density at radius 1 is 1.29 bits per heavy atom. The summed E-state index contributed by atoms with van der Waals surface area (Å²) in [5.74, 6) is 0.770. The van der Waals surface area contributed by atoms with Crippen LogP contribution in [0.4, 0.5) is 0 Å². The quantitative estimate of drug-likeness (QED) is 0.785. The first-order valence-electron chi connectivity index (χ1n) is 5.11. The number of nitrogens with two attached hydrogens (primary N) is 1. The summed E-state index contributed by atoms with van der Waals surface area (Å²) >= 11 is 0. The molecular formula is C10H13N5O2. The summed E-state index contributed by atoms with van der Waals surface area (Å²) < 4.78 is 11.9. The maximum Gasteiger partial charge on any atom is 0.340 e. The Hall–Kier alpha value is -2.15. The third-order valence-corrected chi connectivity index (χ3v) is 2.11. The minimum absolute atomic E-state index is 0.320. The monoisotopic (exact) mass is 235 g/mol. The van der Waals surface area contributed by atoms with Crippen molar-refractivity contribution in [3.05, 3.63) is 24.3 Å². The van der Waals surface area contributed by atoms with Crippen LogP contribution in [0.3, 0.4) is 0 Å². The minimum Gasteiger partial charge on any atom is -0.497 e. The van der Waals surface area contributed by atoms with Crippen LogP contribution in [0.5, 0.6) is 11.8 Å². The summed E-state index contributed by atoms with van der Waals surface area (Å²) in [5, 5.41) is 11.2. The molecule has 1 aromatic heterocycles. The zero-order chi connectivity index (χ0) is 12.1. The zero-order valence-electron chi connectivity index (χ0n) is 9.41. The van der Waals surface area contributed by atoms with Crippen LogP contribution in [-0.2, 0) is 0 Å². The van der Waals surface area contributed by atoms with Crippen LogP contribution < -0.4 is 15.2 Å². The standard InChI is InChI=1S/C10H13N5O2/c1-16-9-4-2-8(3-5-9)15-10(12-13-14-15)17-7-6-11/h2-5H,6-7,11H2,1H3. The van der Waals surface area contributed by atoms with Gasteiger partial charge in [-0.15, -0.1) is 0 Å². The molecule has 1 aromatic carbocycles. The second-order valence-corrected chi connectivity index (χ2v) is 3.21. The summed E-state index contributed by atoms with van der Waals surface area (Å²) in [6.45, 7) is 0.784. The van der Waals surface area contributed by atoms with Gasteiger partial charge in [-0.05, 0) is 34.7 Å². The highest BCUT2D eigenvalue weighted by Crippen LogP contribution is 2.17. The van der Waals surface area contributed by atoms with Gasteiger partial charge in [0.25, 0.3) is 0 Å². The van der Waals surface area contributed by atoms with Gasteiger partial charge in [-0.2, -0.15) is 4.68 Å². The molecule has 17 heavy (non-hydrogen) atoms. The molecule has 0 unspecified atom stereocenters. The molecule has 2 aromatic rings. The molecular weight excluding hydrogens is 222 g/mol. The lowest BCUT2D eigenvalue weighted by Gasteiger charge is -2.05. The third-order valence-electron chi connectivity index (χ3n) is 2.11. The summed E-state index contributed by atoms with van der Waals surface area (Å²) in [7, 11) is 1.61. The lowest BCUT2D eigenvalue weighted by atomic mass is 10.3. The van der Waals surface area contributed by atoms with Crippen molar-refractivity contribution in [1.82, 2.24) is 20.2 Å². The second-order valence-electron chi connectivity index (χ2n) is 3.21. The first-order chi connectivity index (χ1) is 8.35. The SMILES string of the molecule is COc1ccc(-n2nnnc2OCCN)cc1. The molecule has 0 aliphatic carbocycles. The lowest BCUT2D eigenvalue weighted by Crippen LogP contribution is -2.13. The number of nitrogens with zero attached hydrogens (tertiary/aromatic N) is 4. The van der Waals surface area contributed by atoms with E-state index in [4.69, 9.17) is 15.2 Å². The van der Waals surface area contributed by atoms with E-state index in [-0.39, 0.29) is 0 Å². The number of ether oxygens (including phenoxy) is 2. The number of tetrazole rings is 1. The molecule has 0 saturated heterocycles. The first kappa shape index (κ1) is 11.3. The number of hydrogen-bond acceptors (Lipinski definition) is 6. The van der Waals surface area contributed by atoms with Crippen LogP contribution in [0.2, 0.25) is 0 Å². The molecule has 0 spiro atoms. The van der Waals surface area contributed by atoms with Gasteiger partial charge in [0, 0.05) is 6.54 Å². The Morgan fingerprint density at radius 3 is 2.71 bits per heavy atom. The van der Waals surface area contributed by atoms with Crippen LogP contribution in [0.15, 0.2) is 24.3 Å². The second kappa shape index (κ2) is 5.26. The number of methoxy groups -OCH3 is 1. The molecule has 0 saturated carbocycles. The van der Waals surface area contributed by atoms with Crippen LogP contribution in [0, 0.1) is 0 Å². The van der Waals surface area contributed by atoms with E-state index in [9.17, 15) is 0 Å². The summed E-state index contributed by atoms with van der Waals surface area (Å²) in [5.41, 5.74) is 6.15. The van der Waals surface area contributed by atoms with E-state index in [2.05, 4.69) is 15.5 Å². The van der Waals surface area contributed by atoms with Gasteiger partial charge in [0.2, 0.25) is 0 Å². The molecule has 0 bridgehead atoms. The van der Waals surface area contributed by atoms with E-state index in [1.54, 1.807) is 7.11 Å². The van der Waals surface area contributed by atoms with Gasteiger partial charge in [-0.25, -0.2) is 0 Å². The van der Waals surface area contributed by atoms with Gasteiger partial charge in [0.15, 0.2) is 0 Å². The molecule has 7 heteroatoms. The van der Waals surface area contributed by atoms with Crippen molar-refractivity contribution in [2.75, 3.05) is 20.3 Å². The number of rotatable bonds is 5. The van der Waals surface area contributed by atoms with Crippen molar-refractivity contribution >= 4 is 0 Å². The van der Waals surface area contributed by atoms with Crippen LogP contribution in [0.1, 0.15) is 0 Å². The topological polar surface area (TPSA) is 88.1 Å². The van der Waals surface area contributed by atoms with E-state index in [1.165, 1.54) is 4.68 Å². The predicted molar refractivity (Wildman–Crippen MR) is 60.3 cm³/mol. The van der Waals surface area contributed by atoms with Gasteiger partial charge in [0.1, 0.15) is 12.4 Å². The number of hydrogen-bond donors (Lipinski definition) is 1. The van der Waals surface area contributed by atoms with Crippen molar-refractivity contribution in [2.45, 2.75) is 0 Å². The largest absolute Gasteiger partial charge is 0.497 e. The average Bonchev–Trinajstić information content (AvgIpc) is 2.84. The van der Waals surface area contributed by atoms with Crippen molar-refractivity contribution < 1.29 is 9.47 Å². The Balaban J connectivity index is 2.23. The smallest absolute Gasteiger partial charge is 0.340 e. The fraction of sp³-hybridized carbons (Fsp3) is 0.300. The Kier molecular flexibility index (Phi) is 3.51. The normalized spacial score (nSPS) is 10.2. The minimum atomic E-state index is 0.320. The predicted octanol–water partition coefficient (Wildman–Crippen LogP) is 0.00840. The van der Waals surface area contributed by atoms with Crippen LogP contribution in [0.25, 0.3) is 5.69 Å². The Labute approximate surface area is 98.1 Å². The zero-order valence-corrected chi connectivity index (χ0v) is 9.41. The van der Waals surface area contributed by atoms with Crippen molar-refractivity contribution in [1.29, 1.82) is 0 Å². The Bertz CT molecular complexity index is 468. The molecule has 1 heterocycles. The third kappa shape index (κ3) is 2.51. The van der Waals surface area contributed by atoms with Crippen molar-refractivity contribution in [3.8, 4) is 17.4 Å². The molecule has 2 rings (SSSR count). The molecule has 0 atom stereocenters. The maximum absolute atomic E-state index is 5.35. The van der Waals surface area contributed by atoms with E-state index >= 15 is 0 Å². The molecule has 2 N–H and O–H groups in total. The van der Waals surface area contributed by atoms with E-state index < -0.39 is 0 Å². The average molecular weight is 235 g/mol. The molecule has 0 aliphatic heterocycles. The van der Waals surface area contributed by atoms with Crippen molar-refractivity contribution in [2.24, 2.45) is 5.73 Å². The van der Waals surface area contributed by atoms with E-state index in [0.29, 0.717) is 19.2 Å². The van der Waals surface area contributed by atoms with Crippen LogP contribution >= 0.6 is 0 Å². The molecule has 0 fully saturated rings. The first-order valence-corrected chi connectivity index (χ1v) is 5.11. The molecule has 0 radical (unpaired) electrons. The van der Waals surface area contributed by atoms with Gasteiger partial charge in [0.05, 0.1) is 12.8 Å². The highest BCUT2D eigenvalue weighted by molar-refractivity contribution is 5.37.